The molecule has 3 aromatic rings. The van der Waals surface area contributed by atoms with Crippen molar-refractivity contribution in [3.05, 3.63) is 64.4 Å². The number of hydrogen-bond donors (Lipinski definition) is 1. The first-order chi connectivity index (χ1) is 15.8. The molecule has 2 heterocycles. The molecule has 174 valence electrons. The molecule has 7 nitrogen and oxygen atoms in total. The third kappa shape index (κ3) is 4.83. The fourth-order valence-corrected chi connectivity index (χ4v) is 6.04. The van der Waals surface area contributed by atoms with E-state index in [-0.39, 0.29) is 10.5 Å². The third-order valence-electron chi connectivity index (χ3n) is 5.85. The molecule has 1 aliphatic rings. The molecule has 0 spiro atoms. The molecule has 1 saturated heterocycles. The Morgan fingerprint density at radius 1 is 1.06 bits per heavy atom. The van der Waals surface area contributed by atoms with E-state index < -0.39 is 15.9 Å². The van der Waals surface area contributed by atoms with Crippen LogP contribution < -0.4 is 5.32 Å². The van der Waals surface area contributed by atoms with Crippen molar-refractivity contribution in [1.82, 2.24) is 9.46 Å². The van der Waals surface area contributed by atoms with Crippen LogP contribution >= 0.6 is 11.6 Å². The average Bonchev–Trinajstić information content (AvgIpc) is 2.98. The van der Waals surface area contributed by atoms with Crippen LogP contribution in [-0.2, 0) is 10.0 Å². The number of anilines is 1. The lowest BCUT2D eigenvalue weighted by atomic mass is 10.1. The second kappa shape index (κ2) is 9.67. The highest BCUT2D eigenvalue weighted by molar-refractivity contribution is 7.89. The largest absolute Gasteiger partial charge is 0.360 e. The van der Waals surface area contributed by atoms with Gasteiger partial charge in [0.05, 0.1) is 9.92 Å². The monoisotopic (exact) mass is 487 g/mol. The second-order valence-electron chi connectivity index (χ2n) is 8.19. The number of carbonyl (C=O) groups is 1. The van der Waals surface area contributed by atoms with E-state index in [1.54, 1.807) is 54.6 Å². The minimum Gasteiger partial charge on any atom is -0.360 e. The van der Waals surface area contributed by atoms with E-state index in [9.17, 15) is 13.2 Å². The normalized spacial score (nSPS) is 15.2. The highest BCUT2D eigenvalue weighted by Crippen LogP contribution is 2.32. The van der Waals surface area contributed by atoms with Gasteiger partial charge in [0.1, 0.15) is 17.0 Å². The molecular formula is C24H26ClN3O4S. The van der Waals surface area contributed by atoms with Crippen molar-refractivity contribution >= 4 is 33.2 Å². The van der Waals surface area contributed by atoms with Crippen LogP contribution in [0.1, 0.15) is 47.4 Å². The second-order valence-corrected chi connectivity index (χ2v) is 10.5. The first-order valence-corrected chi connectivity index (χ1v) is 12.7. The van der Waals surface area contributed by atoms with Gasteiger partial charge in [-0.2, -0.15) is 4.31 Å². The summed E-state index contributed by atoms with van der Waals surface area (Å²) in [5, 5.41) is 7.28. The van der Waals surface area contributed by atoms with Crippen LogP contribution in [0, 0.1) is 13.8 Å². The Hall–Kier alpha value is -2.68. The van der Waals surface area contributed by atoms with Gasteiger partial charge < -0.3 is 9.84 Å². The molecule has 0 unspecified atom stereocenters. The predicted octanol–water partition coefficient (Wildman–Crippen LogP) is 5.43. The van der Waals surface area contributed by atoms with Gasteiger partial charge in [-0.05, 0) is 50.5 Å². The Morgan fingerprint density at radius 2 is 1.76 bits per heavy atom. The van der Waals surface area contributed by atoms with E-state index in [0.29, 0.717) is 46.4 Å². The third-order valence-corrected chi connectivity index (χ3v) is 8.22. The number of hydrogen-bond acceptors (Lipinski definition) is 5. The molecule has 1 aromatic heterocycles. The van der Waals surface area contributed by atoms with Crippen molar-refractivity contribution in [3.8, 4) is 11.3 Å². The summed E-state index contributed by atoms with van der Waals surface area (Å²) < 4.78 is 33.5. The first-order valence-electron chi connectivity index (χ1n) is 10.9. The van der Waals surface area contributed by atoms with Crippen LogP contribution in [0.15, 0.2) is 51.9 Å². The highest BCUT2D eigenvalue weighted by Gasteiger charge is 2.28. The summed E-state index contributed by atoms with van der Waals surface area (Å²) in [6, 6.07) is 12.0. The number of nitrogens with zero attached hydrogens (tertiary/aromatic N) is 2. The molecule has 2 aromatic carbocycles. The van der Waals surface area contributed by atoms with E-state index in [4.69, 9.17) is 16.1 Å². The van der Waals surface area contributed by atoms with E-state index >= 15 is 0 Å². The summed E-state index contributed by atoms with van der Waals surface area (Å²) in [4.78, 5) is 13.4. The van der Waals surface area contributed by atoms with Crippen LogP contribution in [0.3, 0.4) is 0 Å². The zero-order valence-corrected chi connectivity index (χ0v) is 20.2. The summed E-state index contributed by atoms with van der Waals surface area (Å²) in [5.41, 5.74) is 2.18. The Balaban J connectivity index is 1.65. The number of sulfonamides is 1. The zero-order chi connectivity index (χ0) is 23.6. The number of halogens is 1. The van der Waals surface area contributed by atoms with E-state index in [1.165, 1.54) is 6.07 Å². The maximum absolute atomic E-state index is 13.3. The smallest absolute Gasteiger partial charge is 0.261 e. The summed E-state index contributed by atoms with van der Waals surface area (Å²) in [5.74, 6) is -0.113. The van der Waals surface area contributed by atoms with Crippen molar-refractivity contribution in [2.45, 2.75) is 44.4 Å². The van der Waals surface area contributed by atoms with Crippen molar-refractivity contribution in [3.63, 3.8) is 0 Å². The van der Waals surface area contributed by atoms with Crippen LogP contribution in [0.5, 0.6) is 0 Å². The fraction of sp³-hybridized carbons (Fsp3) is 0.333. The first kappa shape index (κ1) is 23.5. The van der Waals surface area contributed by atoms with Crippen LogP contribution in [0.4, 0.5) is 5.69 Å². The molecule has 0 saturated carbocycles. The van der Waals surface area contributed by atoms with Crippen molar-refractivity contribution < 1.29 is 17.7 Å². The van der Waals surface area contributed by atoms with Gasteiger partial charge in [-0.25, -0.2) is 8.42 Å². The topological polar surface area (TPSA) is 92.5 Å². The van der Waals surface area contributed by atoms with Crippen molar-refractivity contribution in [1.29, 1.82) is 0 Å². The van der Waals surface area contributed by atoms with Gasteiger partial charge in [0.15, 0.2) is 0 Å². The number of amides is 1. The van der Waals surface area contributed by atoms with Crippen molar-refractivity contribution in [2.24, 2.45) is 0 Å². The standard InChI is InChI=1S/C24H26ClN3O4S/c1-16-11-12-18(15-21(16)33(30,31)28-13-7-3-4-8-14-28)26-24(29)22-17(2)32-27-23(22)19-9-5-6-10-20(19)25/h5-6,9-12,15H,3-4,7-8,13-14H2,1-2H3,(H,26,29). The molecule has 0 radical (unpaired) electrons. The van der Waals surface area contributed by atoms with Gasteiger partial charge in [0.2, 0.25) is 10.0 Å². The molecule has 1 fully saturated rings. The van der Waals surface area contributed by atoms with E-state index in [0.717, 1.165) is 25.7 Å². The number of aromatic nitrogens is 1. The quantitative estimate of drug-likeness (QED) is 0.518. The number of carbonyl (C=O) groups excluding carboxylic acids is 1. The van der Waals surface area contributed by atoms with Gasteiger partial charge in [0.25, 0.3) is 5.91 Å². The Kier molecular flexibility index (Phi) is 6.88. The SMILES string of the molecule is Cc1ccc(NC(=O)c2c(-c3ccccc3Cl)noc2C)cc1S(=O)(=O)N1CCCCCC1. The lowest BCUT2D eigenvalue weighted by Gasteiger charge is -2.21. The average molecular weight is 488 g/mol. The number of rotatable bonds is 5. The Bertz CT molecular complexity index is 1280. The molecule has 0 bridgehead atoms. The molecule has 9 heteroatoms. The van der Waals surface area contributed by atoms with Gasteiger partial charge in [-0.15, -0.1) is 0 Å². The summed E-state index contributed by atoms with van der Waals surface area (Å²) in [6.07, 6.45) is 3.78. The maximum atomic E-state index is 13.3. The van der Waals surface area contributed by atoms with Gasteiger partial charge >= 0.3 is 0 Å². The van der Waals surface area contributed by atoms with Crippen LogP contribution in [0.25, 0.3) is 11.3 Å². The molecule has 33 heavy (non-hydrogen) atoms. The van der Waals surface area contributed by atoms with Gasteiger partial charge in [-0.3, -0.25) is 4.79 Å². The molecule has 1 amide bonds. The minimum atomic E-state index is -3.66. The molecular weight excluding hydrogens is 462 g/mol. The zero-order valence-electron chi connectivity index (χ0n) is 18.6. The van der Waals surface area contributed by atoms with Crippen LogP contribution in [-0.4, -0.2) is 36.9 Å². The Labute approximate surface area is 198 Å². The van der Waals surface area contributed by atoms with E-state index in [1.807, 2.05) is 0 Å². The molecule has 1 aliphatic heterocycles. The Morgan fingerprint density at radius 3 is 2.45 bits per heavy atom. The fourth-order valence-electron chi connectivity index (χ4n) is 4.05. The maximum Gasteiger partial charge on any atom is 0.261 e. The molecule has 0 atom stereocenters. The van der Waals surface area contributed by atoms with Crippen LogP contribution in [0.2, 0.25) is 5.02 Å². The van der Waals surface area contributed by atoms with E-state index in [2.05, 4.69) is 10.5 Å². The minimum absolute atomic E-state index is 0.204. The van der Waals surface area contributed by atoms with Gasteiger partial charge in [0, 0.05) is 24.3 Å². The number of benzene rings is 2. The molecule has 4 rings (SSSR count). The highest BCUT2D eigenvalue weighted by atomic mass is 35.5. The lowest BCUT2D eigenvalue weighted by Crippen LogP contribution is -2.32. The molecule has 0 aliphatic carbocycles. The molecule has 1 N–H and O–H groups in total. The summed E-state index contributed by atoms with van der Waals surface area (Å²) in [6.45, 7) is 4.43. The van der Waals surface area contributed by atoms with Crippen molar-refractivity contribution in [2.75, 3.05) is 18.4 Å². The lowest BCUT2D eigenvalue weighted by molar-refractivity contribution is 0.102. The summed E-state index contributed by atoms with van der Waals surface area (Å²) >= 11 is 6.29. The number of nitrogens with one attached hydrogen (secondary N) is 1. The number of aryl methyl sites for hydroxylation is 2. The van der Waals surface area contributed by atoms with Gasteiger partial charge in [-0.1, -0.05) is 53.9 Å². The predicted molar refractivity (Wildman–Crippen MR) is 128 cm³/mol. The summed E-state index contributed by atoms with van der Waals surface area (Å²) in [7, 11) is -3.66.